The monoisotopic (exact) mass is 1010 g/mol. The van der Waals surface area contributed by atoms with Gasteiger partial charge in [-0.1, -0.05) is 163 Å². The van der Waals surface area contributed by atoms with E-state index < -0.39 is 0 Å². The Labute approximate surface area is 391 Å². The molecule has 330 valence electrons. The van der Waals surface area contributed by atoms with E-state index in [4.69, 9.17) is 9.72 Å². The molecule has 1 aliphatic rings. The number of fused-ring (bicyclic) bond motifs is 3. The molecule has 5 nitrogen and oxygen atoms in total. The summed E-state index contributed by atoms with van der Waals surface area (Å²) in [6.45, 7) is 34.3. The van der Waals surface area contributed by atoms with Crippen molar-refractivity contribution in [1.82, 2.24) is 9.55 Å². The summed E-state index contributed by atoms with van der Waals surface area (Å²) >= 11 is 0. The molecule has 5 aromatic carbocycles. The molecule has 0 spiro atoms. The Morgan fingerprint density at radius 1 is 0.508 bits per heavy atom. The summed E-state index contributed by atoms with van der Waals surface area (Å²) in [6.07, 6.45) is 1.92. The van der Waals surface area contributed by atoms with Gasteiger partial charge in [0.1, 0.15) is 5.82 Å². The molecule has 0 saturated carbocycles. The van der Waals surface area contributed by atoms with Crippen LogP contribution in [-0.4, -0.2) is 9.55 Å². The number of rotatable bonds is 7. The average molecular weight is 1020 g/mol. The van der Waals surface area contributed by atoms with Crippen molar-refractivity contribution in [2.45, 2.75) is 113 Å². The fourth-order valence-electron chi connectivity index (χ4n) is 8.78. The zero-order valence-corrected chi connectivity index (χ0v) is 41.9. The zero-order valence-electron chi connectivity index (χ0n) is 39.6. The second kappa shape index (κ2) is 16.5. The van der Waals surface area contributed by atoms with Crippen molar-refractivity contribution < 1.29 is 25.8 Å². The van der Waals surface area contributed by atoms with Crippen LogP contribution in [0.1, 0.15) is 119 Å². The van der Waals surface area contributed by atoms with Gasteiger partial charge in [-0.3, -0.25) is 0 Å². The molecule has 0 N–H and O–H groups in total. The maximum Gasteiger partial charge on any atom is 0.135 e. The van der Waals surface area contributed by atoms with E-state index in [1.165, 1.54) is 28.1 Å². The van der Waals surface area contributed by atoms with Crippen molar-refractivity contribution >= 4 is 33.2 Å². The zero-order chi connectivity index (χ0) is 44.6. The first-order valence-corrected chi connectivity index (χ1v) is 22.0. The van der Waals surface area contributed by atoms with Gasteiger partial charge in [0.25, 0.3) is 0 Å². The van der Waals surface area contributed by atoms with Gasteiger partial charge in [0.2, 0.25) is 0 Å². The number of allylic oxidation sites excluding steroid dienone is 2. The number of anilines is 2. The summed E-state index contributed by atoms with van der Waals surface area (Å²) in [4.78, 5) is 9.73. The molecule has 0 bridgehead atoms. The van der Waals surface area contributed by atoms with E-state index in [2.05, 4.69) is 239 Å². The summed E-state index contributed by atoms with van der Waals surface area (Å²) in [5.41, 5.74) is 10.7. The predicted octanol–water partition coefficient (Wildman–Crippen LogP) is 15.2. The minimum absolute atomic E-state index is 0. The maximum absolute atomic E-state index is 6.91. The molecule has 6 heteroatoms. The van der Waals surface area contributed by atoms with Crippen LogP contribution in [0.25, 0.3) is 27.6 Å². The largest absolute Gasteiger partial charge is 0.509 e. The van der Waals surface area contributed by atoms with Gasteiger partial charge >= 0.3 is 0 Å². The van der Waals surface area contributed by atoms with Gasteiger partial charge in [-0.05, 0) is 63.2 Å². The minimum atomic E-state index is -0.225. The van der Waals surface area contributed by atoms with Crippen LogP contribution in [0.15, 0.2) is 133 Å². The second-order valence-corrected chi connectivity index (χ2v) is 21.7. The Morgan fingerprint density at radius 2 is 1.14 bits per heavy atom. The van der Waals surface area contributed by atoms with Crippen molar-refractivity contribution in [2.24, 2.45) is 10.8 Å². The van der Waals surface area contributed by atoms with Crippen molar-refractivity contribution in [3.8, 4) is 17.3 Å². The van der Waals surface area contributed by atoms with Crippen LogP contribution in [0.5, 0.6) is 11.5 Å². The molecule has 0 fully saturated rings. The molecule has 1 aliphatic heterocycles. The number of hydrogen-bond donors (Lipinski definition) is 0. The molecule has 0 saturated heterocycles. The Morgan fingerprint density at radius 3 is 1.81 bits per heavy atom. The first-order chi connectivity index (χ1) is 29.0. The van der Waals surface area contributed by atoms with Crippen molar-refractivity contribution in [3.63, 3.8) is 0 Å². The standard InChI is InChI=1S/C57H63N4O.Pt/c1-53(2,3)39-23-20-24-42(31-39)59-37-60(52(56(10,11)12)51(59)55(7,8)9)43-32-41(54(4,5)6)33-45(35-43)62-44-27-28-47-46-25-18-19-26-48(46)61(49(47)36-44)50-34-40(29-30-58-50)57(13,14)38-21-16-15-17-22-38;/h15-34,37H,1-14H3;/q-3;. The molecule has 0 aliphatic carbocycles. The van der Waals surface area contributed by atoms with Crippen LogP contribution in [0, 0.1) is 29.6 Å². The number of para-hydroxylation sites is 1. The van der Waals surface area contributed by atoms with Gasteiger partial charge in [0.15, 0.2) is 0 Å². The number of pyridine rings is 1. The van der Waals surface area contributed by atoms with Crippen molar-refractivity contribution in [2.75, 3.05) is 9.80 Å². The third-order valence-electron chi connectivity index (χ3n) is 12.3. The summed E-state index contributed by atoms with van der Waals surface area (Å²) in [6, 6.07) is 48.6. The molecule has 3 heterocycles. The SMILES string of the molecule is CC(C)(C)C1=C(C(C)(C)C)N(c2cccc(C(C)(C)C)c2)[CH-]N1c1[c-]c(Oc2[c-]c3c(cc2)c2ccccc2n3-c2cc(C(C)(C)c3ccccc3)ccn2)cc(C(C)(C)C)c1.[Pt]. The number of aromatic nitrogens is 2. The molecule has 2 aromatic heterocycles. The molecule has 7 aromatic rings. The molecular weight excluding hydrogens is 952 g/mol. The Hall–Kier alpha value is -5.12. The topological polar surface area (TPSA) is 33.5 Å². The quantitative estimate of drug-likeness (QED) is 0.149. The van der Waals surface area contributed by atoms with E-state index in [9.17, 15) is 0 Å². The molecule has 63 heavy (non-hydrogen) atoms. The van der Waals surface area contributed by atoms with Gasteiger partial charge in [0.05, 0.1) is 0 Å². The van der Waals surface area contributed by atoms with Gasteiger partial charge in [-0.15, -0.1) is 53.6 Å². The average Bonchev–Trinajstić information content (AvgIpc) is 3.79. The number of hydrogen-bond acceptors (Lipinski definition) is 4. The number of nitrogens with zero attached hydrogens (tertiary/aromatic N) is 4. The molecule has 0 amide bonds. The number of ether oxygens (including phenoxy) is 1. The van der Waals surface area contributed by atoms with E-state index in [1.807, 2.05) is 12.3 Å². The molecular formula is C57H63N4OPt-3. The van der Waals surface area contributed by atoms with Crippen molar-refractivity contribution in [1.29, 1.82) is 0 Å². The van der Waals surface area contributed by atoms with Crippen LogP contribution in [0.4, 0.5) is 11.4 Å². The van der Waals surface area contributed by atoms with E-state index in [1.54, 1.807) is 0 Å². The van der Waals surface area contributed by atoms with E-state index in [0.29, 0.717) is 11.5 Å². The molecule has 8 rings (SSSR count). The Kier molecular flexibility index (Phi) is 12.0. The van der Waals surface area contributed by atoms with E-state index >= 15 is 0 Å². The molecule has 0 radical (unpaired) electrons. The van der Waals surface area contributed by atoms with Gasteiger partial charge in [-0.2, -0.15) is 6.07 Å². The maximum atomic E-state index is 6.91. The van der Waals surface area contributed by atoms with Gasteiger partial charge in [-0.25, -0.2) is 4.98 Å². The van der Waals surface area contributed by atoms with Crippen LogP contribution in [-0.2, 0) is 37.3 Å². The smallest absolute Gasteiger partial charge is 0.135 e. The van der Waals surface area contributed by atoms with Gasteiger partial charge < -0.3 is 19.1 Å². The molecule has 0 unspecified atom stereocenters. The Balaban J connectivity index is 0.00000595. The predicted molar refractivity (Wildman–Crippen MR) is 260 cm³/mol. The van der Waals surface area contributed by atoms with Crippen LogP contribution in [0.3, 0.4) is 0 Å². The van der Waals surface area contributed by atoms with Gasteiger partial charge in [0, 0.05) is 77.6 Å². The van der Waals surface area contributed by atoms with Crippen LogP contribution >= 0.6 is 0 Å². The van der Waals surface area contributed by atoms with Crippen molar-refractivity contribution in [3.05, 3.63) is 174 Å². The van der Waals surface area contributed by atoms with E-state index in [-0.39, 0.29) is 48.1 Å². The fraction of sp³-hybridized carbons (Fsp3) is 0.333. The van der Waals surface area contributed by atoms with Crippen LogP contribution < -0.4 is 14.5 Å². The fourth-order valence-corrected chi connectivity index (χ4v) is 8.78. The summed E-state index contributed by atoms with van der Waals surface area (Å²) in [5.74, 6) is 2.10. The normalized spacial score (nSPS) is 14.2. The summed E-state index contributed by atoms with van der Waals surface area (Å²) in [5, 5.41) is 2.23. The molecule has 0 atom stereocenters. The first kappa shape index (κ1) is 45.9. The summed E-state index contributed by atoms with van der Waals surface area (Å²) in [7, 11) is 0. The summed E-state index contributed by atoms with van der Waals surface area (Å²) < 4.78 is 9.13. The first-order valence-electron chi connectivity index (χ1n) is 22.0. The van der Waals surface area contributed by atoms with E-state index in [0.717, 1.165) is 44.6 Å². The van der Waals surface area contributed by atoms with Crippen LogP contribution in [0.2, 0.25) is 0 Å². The third-order valence-corrected chi connectivity index (χ3v) is 12.3. The Bertz CT molecular complexity index is 2820. The number of benzene rings is 5. The second-order valence-electron chi connectivity index (χ2n) is 21.7. The minimum Gasteiger partial charge on any atom is -0.509 e. The third kappa shape index (κ3) is 8.88.